The van der Waals surface area contributed by atoms with Gasteiger partial charge in [0, 0.05) is 19.2 Å². The number of carbonyl (C=O) groups is 1. The van der Waals surface area contributed by atoms with Crippen LogP contribution >= 0.6 is 0 Å². The van der Waals surface area contributed by atoms with Crippen LogP contribution in [0.15, 0.2) is 12.1 Å². The molecule has 1 N–H and O–H groups in total. The van der Waals surface area contributed by atoms with Crippen LogP contribution in [0.4, 0.5) is 23.7 Å². The zero-order valence-electron chi connectivity index (χ0n) is 14.2. The summed E-state index contributed by atoms with van der Waals surface area (Å²) in [5.41, 5.74) is 0.0600. The molecule has 0 bridgehead atoms. The van der Waals surface area contributed by atoms with Crippen molar-refractivity contribution in [3.8, 4) is 5.88 Å². The number of likely N-dealkylation sites (tertiary alicyclic amines) is 1. The number of nitrogens with zero attached hydrogens (tertiary/aromatic N) is 2. The maximum absolute atomic E-state index is 13.1. The number of piperidine rings is 1. The Kier molecular flexibility index (Phi) is 4.96. The summed E-state index contributed by atoms with van der Waals surface area (Å²) in [6.45, 7) is 4.93. The lowest BCUT2D eigenvalue weighted by atomic mass is 9.73. The number of rotatable bonds is 2. The number of hydrogen-bond donors (Lipinski definition) is 1. The Bertz CT molecular complexity index is 617. The van der Waals surface area contributed by atoms with Gasteiger partial charge in [0.15, 0.2) is 0 Å². The Morgan fingerprint density at radius 3 is 2.58 bits per heavy atom. The Labute approximate surface area is 139 Å². The number of aromatic nitrogens is 1. The minimum Gasteiger partial charge on any atom is -0.481 e. The van der Waals surface area contributed by atoms with Gasteiger partial charge in [-0.3, -0.25) is 0 Å². The molecular formula is C16H22F3N3O2. The van der Waals surface area contributed by atoms with Gasteiger partial charge in [-0.25, -0.2) is 9.78 Å². The maximum Gasteiger partial charge on any atom is 0.392 e. The van der Waals surface area contributed by atoms with Gasteiger partial charge in [-0.2, -0.15) is 13.2 Å². The van der Waals surface area contributed by atoms with Gasteiger partial charge in [0.25, 0.3) is 0 Å². The SMILES string of the molecule is COc1ccc(NC(=O)N2CC[C@@H](C(F)(F)F)C(C)(C)C2)c(C)n1. The van der Waals surface area contributed by atoms with E-state index >= 15 is 0 Å². The Morgan fingerprint density at radius 1 is 1.42 bits per heavy atom. The number of alkyl halides is 3. The summed E-state index contributed by atoms with van der Waals surface area (Å²) in [6.07, 6.45) is -4.34. The van der Waals surface area contributed by atoms with Gasteiger partial charge in [0.2, 0.25) is 5.88 Å². The number of pyridine rings is 1. The van der Waals surface area contributed by atoms with E-state index in [-0.39, 0.29) is 19.5 Å². The monoisotopic (exact) mass is 345 g/mol. The van der Waals surface area contributed by atoms with E-state index in [1.54, 1.807) is 32.9 Å². The molecule has 1 fully saturated rings. The van der Waals surface area contributed by atoms with Crippen molar-refractivity contribution in [3.63, 3.8) is 0 Å². The lowest BCUT2D eigenvalue weighted by Gasteiger charge is -2.44. The van der Waals surface area contributed by atoms with E-state index in [0.29, 0.717) is 17.3 Å². The second kappa shape index (κ2) is 6.49. The van der Waals surface area contributed by atoms with Crippen LogP contribution < -0.4 is 10.1 Å². The Hall–Kier alpha value is -1.99. The summed E-state index contributed by atoms with van der Waals surface area (Å²) in [7, 11) is 1.49. The summed E-state index contributed by atoms with van der Waals surface area (Å²) in [6, 6.07) is 2.86. The zero-order valence-corrected chi connectivity index (χ0v) is 14.2. The first-order valence-electron chi connectivity index (χ1n) is 7.69. The molecular weight excluding hydrogens is 323 g/mol. The smallest absolute Gasteiger partial charge is 0.392 e. The van der Waals surface area contributed by atoms with Crippen LogP contribution in [0.2, 0.25) is 0 Å². The molecule has 134 valence electrons. The van der Waals surface area contributed by atoms with Crippen LogP contribution in [-0.4, -0.2) is 42.3 Å². The van der Waals surface area contributed by atoms with Crippen molar-refractivity contribution in [2.75, 3.05) is 25.5 Å². The van der Waals surface area contributed by atoms with Crippen LogP contribution in [0.25, 0.3) is 0 Å². The standard InChI is InChI=1S/C16H22F3N3O2/c1-10-11(5-6-13(20-10)24-4)21-14(23)22-8-7-12(16(17,18)19)15(2,3)9-22/h5-6,12H,7-9H2,1-4H3,(H,21,23)/t12-/m1/s1. The van der Waals surface area contributed by atoms with E-state index in [1.807, 2.05) is 0 Å². The number of carbonyl (C=O) groups excluding carboxylic acids is 1. The Balaban J connectivity index is 2.07. The molecule has 1 aliphatic rings. The molecule has 2 amide bonds. The lowest BCUT2D eigenvalue weighted by molar-refractivity contribution is -0.214. The van der Waals surface area contributed by atoms with Crippen LogP contribution in [0.3, 0.4) is 0 Å². The number of urea groups is 1. The van der Waals surface area contributed by atoms with E-state index in [1.165, 1.54) is 12.0 Å². The number of ether oxygens (including phenoxy) is 1. The van der Waals surface area contributed by atoms with Crippen LogP contribution in [0.1, 0.15) is 26.0 Å². The summed E-state index contributed by atoms with van der Waals surface area (Å²) < 4.78 is 44.3. The summed E-state index contributed by atoms with van der Waals surface area (Å²) in [5, 5.41) is 2.71. The quantitative estimate of drug-likeness (QED) is 0.886. The van der Waals surface area contributed by atoms with Gasteiger partial charge in [-0.15, -0.1) is 0 Å². The molecule has 0 aromatic carbocycles. The number of hydrogen-bond acceptors (Lipinski definition) is 3. The number of aryl methyl sites for hydroxylation is 1. The van der Waals surface area contributed by atoms with E-state index in [9.17, 15) is 18.0 Å². The highest BCUT2D eigenvalue weighted by atomic mass is 19.4. The molecule has 2 heterocycles. The first-order valence-corrected chi connectivity index (χ1v) is 7.69. The van der Waals surface area contributed by atoms with Crippen molar-refractivity contribution >= 4 is 11.7 Å². The number of anilines is 1. The van der Waals surface area contributed by atoms with Gasteiger partial charge in [0.1, 0.15) is 0 Å². The van der Waals surface area contributed by atoms with Gasteiger partial charge in [0.05, 0.1) is 24.4 Å². The predicted octanol–water partition coefficient (Wildman–Crippen LogP) is 3.84. The highest BCUT2D eigenvalue weighted by Crippen LogP contribution is 2.45. The molecule has 1 aromatic heterocycles. The van der Waals surface area contributed by atoms with Crippen molar-refractivity contribution in [1.29, 1.82) is 0 Å². The highest BCUT2D eigenvalue weighted by molar-refractivity contribution is 5.90. The molecule has 5 nitrogen and oxygen atoms in total. The van der Waals surface area contributed by atoms with E-state index in [2.05, 4.69) is 10.3 Å². The second-order valence-corrected chi connectivity index (χ2v) is 6.71. The van der Waals surface area contributed by atoms with E-state index in [4.69, 9.17) is 4.74 Å². The predicted molar refractivity (Wildman–Crippen MR) is 84.1 cm³/mol. The third-order valence-electron chi connectivity index (χ3n) is 4.42. The van der Waals surface area contributed by atoms with Gasteiger partial charge in [-0.05, 0) is 24.8 Å². The molecule has 24 heavy (non-hydrogen) atoms. The average molecular weight is 345 g/mol. The average Bonchev–Trinajstić information content (AvgIpc) is 2.46. The lowest BCUT2D eigenvalue weighted by Crippen LogP contribution is -2.53. The third-order valence-corrected chi connectivity index (χ3v) is 4.42. The van der Waals surface area contributed by atoms with Crippen LogP contribution in [0, 0.1) is 18.3 Å². The zero-order chi connectivity index (χ0) is 18.1. The van der Waals surface area contributed by atoms with Crippen molar-refractivity contribution in [1.82, 2.24) is 9.88 Å². The maximum atomic E-state index is 13.1. The molecule has 0 spiro atoms. The van der Waals surface area contributed by atoms with Crippen molar-refractivity contribution in [2.24, 2.45) is 11.3 Å². The van der Waals surface area contributed by atoms with Gasteiger partial charge >= 0.3 is 12.2 Å². The number of methoxy groups -OCH3 is 1. The number of halogens is 3. The highest BCUT2D eigenvalue weighted by Gasteiger charge is 2.51. The molecule has 0 saturated carbocycles. The van der Waals surface area contributed by atoms with Crippen molar-refractivity contribution < 1.29 is 22.7 Å². The summed E-state index contributed by atoms with van der Waals surface area (Å²) in [5.74, 6) is -0.976. The molecule has 2 rings (SSSR count). The van der Waals surface area contributed by atoms with Crippen molar-refractivity contribution in [3.05, 3.63) is 17.8 Å². The molecule has 1 atom stereocenters. The molecule has 0 aliphatic carbocycles. The molecule has 1 saturated heterocycles. The van der Waals surface area contributed by atoms with E-state index < -0.39 is 23.5 Å². The second-order valence-electron chi connectivity index (χ2n) is 6.71. The largest absolute Gasteiger partial charge is 0.481 e. The first-order chi connectivity index (χ1) is 11.0. The molecule has 8 heteroatoms. The fraction of sp³-hybridized carbons (Fsp3) is 0.625. The first kappa shape index (κ1) is 18.4. The van der Waals surface area contributed by atoms with Crippen LogP contribution in [-0.2, 0) is 0 Å². The minimum absolute atomic E-state index is 0.0473. The molecule has 1 aliphatic heterocycles. The molecule has 0 radical (unpaired) electrons. The molecule has 0 unspecified atom stereocenters. The fourth-order valence-electron chi connectivity index (χ4n) is 3.11. The van der Waals surface area contributed by atoms with Crippen LogP contribution in [0.5, 0.6) is 5.88 Å². The number of amides is 2. The summed E-state index contributed by atoms with van der Waals surface area (Å²) in [4.78, 5) is 18.0. The topological polar surface area (TPSA) is 54.5 Å². The third kappa shape index (κ3) is 3.91. The van der Waals surface area contributed by atoms with Gasteiger partial charge in [-0.1, -0.05) is 13.8 Å². The minimum atomic E-state index is -4.25. The number of nitrogens with one attached hydrogen (secondary N) is 1. The van der Waals surface area contributed by atoms with Crippen molar-refractivity contribution in [2.45, 2.75) is 33.4 Å². The summed E-state index contributed by atoms with van der Waals surface area (Å²) >= 11 is 0. The molecule has 1 aromatic rings. The van der Waals surface area contributed by atoms with Gasteiger partial charge < -0.3 is 15.0 Å². The fourth-order valence-corrected chi connectivity index (χ4v) is 3.11. The normalized spacial score (nSPS) is 20.6. The van der Waals surface area contributed by atoms with E-state index in [0.717, 1.165) is 0 Å². The Morgan fingerprint density at radius 2 is 2.08 bits per heavy atom.